The van der Waals surface area contributed by atoms with Crippen LogP contribution in [0.5, 0.6) is 0 Å². The molecule has 2 aliphatic rings. The van der Waals surface area contributed by atoms with Crippen molar-refractivity contribution in [1.82, 2.24) is 5.32 Å². The SMILES string of the molecule is O=C(NC1CC1)c1ccccc1NC(=O)C1CC(=O)N(c2cccc(Cl)c2)C1. The molecule has 0 bridgehead atoms. The molecule has 3 amide bonds. The molecule has 1 heterocycles. The summed E-state index contributed by atoms with van der Waals surface area (Å²) in [5.74, 6) is -1.08. The van der Waals surface area contributed by atoms with Crippen LogP contribution in [0.4, 0.5) is 11.4 Å². The second kappa shape index (κ2) is 7.64. The Morgan fingerprint density at radius 2 is 1.86 bits per heavy atom. The molecule has 1 aliphatic heterocycles. The Morgan fingerprint density at radius 3 is 2.61 bits per heavy atom. The van der Waals surface area contributed by atoms with Crippen LogP contribution in [0, 0.1) is 5.92 Å². The fourth-order valence-corrected chi connectivity index (χ4v) is 3.48. The van der Waals surface area contributed by atoms with Crippen LogP contribution in [0.1, 0.15) is 29.6 Å². The minimum absolute atomic E-state index is 0.120. The fourth-order valence-electron chi connectivity index (χ4n) is 3.29. The molecule has 2 fully saturated rings. The third-order valence-corrected chi connectivity index (χ3v) is 5.19. The van der Waals surface area contributed by atoms with Gasteiger partial charge < -0.3 is 15.5 Å². The number of hydrogen-bond acceptors (Lipinski definition) is 3. The average Bonchev–Trinajstić information content (AvgIpc) is 3.40. The molecular weight excluding hydrogens is 378 g/mol. The summed E-state index contributed by atoms with van der Waals surface area (Å²) in [6, 6.07) is 14.1. The van der Waals surface area contributed by atoms with Gasteiger partial charge in [-0.05, 0) is 43.2 Å². The van der Waals surface area contributed by atoms with E-state index in [1.165, 1.54) is 0 Å². The zero-order valence-corrected chi connectivity index (χ0v) is 15.9. The maximum absolute atomic E-state index is 12.8. The Labute approximate surface area is 167 Å². The predicted octanol–water partition coefficient (Wildman–Crippen LogP) is 3.22. The maximum Gasteiger partial charge on any atom is 0.253 e. The van der Waals surface area contributed by atoms with Crippen molar-refractivity contribution in [3.63, 3.8) is 0 Å². The van der Waals surface area contributed by atoms with Gasteiger partial charge in [0.2, 0.25) is 11.8 Å². The van der Waals surface area contributed by atoms with Crippen molar-refractivity contribution in [1.29, 1.82) is 0 Å². The lowest BCUT2D eigenvalue weighted by Crippen LogP contribution is -2.30. The van der Waals surface area contributed by atoms with Gasteiger partial charge in [-0.2, -0.15) is 0 Å². The highest BCUT2D eigenvalue weighted by molar-refractivity contribution is 6.31. The van der Waals surface area contributed by atoms with Crippen molar-refractivity contribution < 1.29 is 14.4 Å². The predicted molar refractivity (Wildman–Crippen MR) is 107 cm³/mol. The number of anilines is 2. The molecule has 0 aromatic heterocycles. The van der Waals surface area contributed by atoms with E-state index in [-0.39, 0.29) is 36.7 Å². The van der Waals surface area contributed by atoms with E-state index >= 15 is 0 Å². The molecule has 1 aliphatic carbocycles. The number of para-hydroxylation sites is 1. The Balaban J connectivity index is 1.46. The number of halogens is 1. The zero-order chi connectivity index (χ0) is 19.7. The van der Waals surface area contributed by atoms with Gasteiger partial charge in [0.05, 0.1) is 17.2 Å². The Kier molecular flexibility index (Phi) is 5.05. The second-order valence-electron chi connectivity index (χ2n) is 7.17. The van der Waals surface area contributed by atoms with Crippen LogP contribution in [0.25, 0.3) is 0 Å². The van der Waals surface area contributed by atoms with Gasteiger partial charge in [-0.3, -0.25) is 14.4 Å². The number of rotatable bonds is 5. The number of nitrogens with zero attached hydrogens (tertiary/aromatic N) is 1. The highest BCUT2D eigenvalue weighted by Crippen LogP contribution is 2.28. The molecule has 2 aromatic rings. The molecule has 1 saturated heterocycles. The van der Waals surface area contributed by atoms with Crippen molar-refractivity contribution in [2.45, 2.75) is 25.3 Å². The van der Waals surface area contributed by atoms with Crippen molar-refractivity contribution in [3.05, 3.63) is 59.1 Å². The van der Waals surface area contributed by atoms with Crippen LogP contribution in [0.15, 0.2) is 48.5 Å². The van der Waals surface area contributed by atoms with Crippen molar-refractivity contribution in [3.8, 4) is 0 Å². The summed E-state index contributed by atoms with van der Waals surface area (Å²) < 4.78 is 0. The molecule has 7 heteroatoms. The summed E-state index contributed by atoms with van der Waals surface area (Å²) >= 11 is 6.01. The van der Waals surface area contributed by atoms with Gasteiger partial charge in [0, 0.05) is 29.7 Å². The molecule has 2 N–H and O–H groups in total. The lowest BCUT2D eigenvalue weighted by atomic mass is 10.1. The first-order valence-corrected chi connectivity index (χ1v) is 9.66. The molecule has 144 valence electrons. The lowest BCUT2D eigenvalue weighted by Gasteiger charge is -2.17. The fraction of sp³-hybridized carbons (Fsp3) is 0.286. The van der Waals surface area contributed by atoms with E-state index in [0.29, 0.717) is 22.0 Å². The number of hydrogen-bond donors (Lipinski definition) is 2. The Morgan fingerprint density at radius 1 is 1.07 bits per heavy atom. The second-order valence-corrected chi connectivity index (χ2v) is 7.60. The maximum atomic E-state index is 12.8. The van der Waals surface area contributed by atoms with Gasteiger partial charge >= 0.3 is 0 Å². The molecule has 1 unspecified atom stereocenters. The summed E-state index contributed by atoms with van der Waals surface area (Å²) in [7, 11) is 0. The minimum Gasteiger partial charge on any atom is -0.349 e. The van der Waals surface area contributed by atoms with E-state index in [2.05, 4.69) is 10.6 Å². The molecular formula is C21H20ClN3O3. The van der Waals surface area contributed by atoms with Gasteiger partial charge in [0.15, 0.2) is 0 Å². The standard InChI is InChI=1S/C21H20ClN3O3/c22-14-4-3-5-16(11-14)25-12-13(10-19(25)26)20(27)24-18-7-2-1-6-17(18)21(28)23-15-8-9-15/h1-7,11,13,15H,8-10,12H2,(H,23,28)(H,24,27). The molecule has 4 rings (SSSR count). The van der Waals surface area contributed by atoms with Gasteiger partial charge in [-0.25, -0.2) is 0 Å². The van der Waals surface area contributed by atoms with Gasteiger partial charge in [-0.1, -0.05) is 29.8 Å². The van der Waals surface area contributed by atoms with E-state index in [1.807, 2.05) is 0 Å². The first kappa shape index (κ1) is 18.5. The van der Waals surface area contributed by atoms with Crippen LogP contribution in [-0.4, -0.2) is 30.3 Å². The van der Waals surface area contributed by atoms with E-state index in [1.54, 1.807) is 53.4 Å². The van der Waals surface area contributed by atoms with Crippen LogP contribution >= 0.6 is 11.6 Å². The number of amides is 3. The molecule has 2 aromatic carbocycles. The van der Waals surface area contributed by atoms with Gasteiger partial charge in [0.1, 0.15) is 0 Å². The molecule has 0 radical (unpaired) electrons. The van der Waals surface area contributed by atoms with E-state index in [4.69, 9.17) is 11.6 Å². The Hall–Kier alpha value is -2.86. The molecule has 1 atom stereocenters. The van der Waals surface area contributed by atoms with Crippen LogP contribution in [0.3, 0.4) is 0 Å². The first-order valence-electron chi connectivity index (χ1n) is 9.28. The smallest absolute Gasteiger partial charge is 0.253 e. The number of carbonyl (C=O) groups is 3. The van der Waals surface area contributed by atoms with Crippen LogP contribution < -0.4 is 15.5 Å². The van der Waals surface area contributed by atoms with Gasteiger partial charge in [0.25, 0.3) is 5.91 Å². The third kappa shape index (κ3) is 4.02. The monoisotopic (exact) mass is 397 g/mol. The normalized spacial score (nSPS) is 18.8. The highest BCUT2D eigenvalue weighted by atomic mass is 35.5. The third-order valence-electron chi connectivity index (χ3n) is 4.96. The summed E-state index contributed by atoms with van der Waals surface area (Å²) in [5.41, 5.74) is 1.56. The van der Waals surface area contributed by atoms with Gasteiger partial charge in [-0.15, -0.1) is 0 Å². The zero-order valence-electron chi connectivity index (χ0n) is 15.2. The lowest BCUT2D eigenvalue weighted by molar-refractivity contribution is -0.122. The quantitative estimate of drug-likeness (QED) is 0.813. The van der Waals surface area contributed by atoms with Crippen molar-refractivity contribution in [2.24, 2.45) is 5.92 Å². The van der Waals surface area contributed by atoms with E-state index < -0.39 is 5.92 Å². The Bertz CT molecular complexity index is 942. The van der Waals surface area contributed by atoms with Crippen LogP contribution in [-0.2, 0) is 9.59 Å². The molecule has 28 heavy (non-hydrogen) atoms. The number of nitrogens with one attached hydrogen (secondary N) is 2. The van der Waals surface area contributed by atoms with Crippen molar-refractivity contribution in [2.75, 3.05) is 16.8 Å². The average molecular weight is 398 g/mol. The summed E-state index contributed by atoms with van der Waals surface area (Å²) in [6.07, 6.45) is 2.10. The topological polar surface area (TPSA) is 78.5 Å². The minimum atomic E-state index is -0.494. The van der Waals surface area contributed by atoms with Crippen LogP contribution in [0.2, 0.25) is 5.02 Å². The van der Waals surface area contributed by atoms with E-state index in [0.717, 1.165) is 12.8 Å². The summed E-state index contributed by atoms with van der Waals surface area (Å²) in [5, 5.41) is 6.29. The molecule has 1 saturated carbocycles. The first-order chi connectivity index (χ1) is 13.5. The largest absolute Gasteiger partial charge is 0.349 e. The number of benzene rings is 2. The highest BCUT2D eigenvalue weighted by Gasteiger charge is 2.35. The molecule has 6 nitrogen and oxygen atoms in total. The number of carbonyl (C=O) groups excluding carboxylic acids is 3. The van der Waals surface area contributed by atoms with E-state index in [9.17, 15) is 14.4 Å². The molecule has 0 spiro atoms. The van der Waals surface area contributed by atoms with Crippen molar-refractivity contribution >= 4 is 40.7 Å². The summed E-state index contributed by atoms with van der Waals surface area (Å²) in [6.45, 7) is 0.279. The summed E-state index contributed by atoms with van der Waals surface area (Å²) in [4.78, 5) is 39.1.